The van der Waals surface area contributed by atoms with Crippen LogP contribution in [-0.4, -0.2) is 35.6 Å². The molecule has 0 aliphatic heterocycles. The summed E-state index contributed by atoms with van der Waals surface area (Å²) in [7, 11) is 0. The number of hydrogen-bond donors (Lipinski definition) is 3. The fourth-order valence-electron chi connectivity index (χ4n) is 2.79. The number of alkyl halides is 3. The van der Waals surface area contributed by atoms with E-state index in [1.54, 1.807) is 6.07 Å². The van der Waals surface area contributed by atoms with Crippen molar-refractivity contribution in [2.24, 2.45) is 5.73 Å². The summed E-state index contributed by atoms with van der Waals surface area (Å²) in [5.41, 5.74) is 5.22. The molecule has 29 heavy (non-hydrogen) atoms. The standard InChI is InChI=1S/C21H25BrF3NO3/c22-17-6-3-15(4-7-17)2-1-11-29-19-8-5-16(12-18(19)21(23,24)25)9-10-20(26,13-27)14-28/h3-8,12,27-28H,1-2,9-11,13-14,26H2. The minimum absolute atomic E-state index is 0.157. The Bertz CT molecular complexity index is 778. The molecule has 0 aliphatic carbocycles. The van der Waals surface area contributed by atoms with E-state index >= 15 is 0 Å². The Morgan fingerprint density at radius 2 is 1.55 bits per heavy atom. The molecule has 4 N–H and O–H groups in total. The second-order valence-electron chi connectivity index (χ2n) is 7.09. The van der Waals surface area contributed by atoms with Gasteiger partial charge in [0.05, 0.1) is 30.9 Å². The lowest BCUT2D eigenvalue weighted by Crippen LogP contribution is -2.47. The number of nitrogens with two attached hydrogens (primary N) is 1. The number of ether oxygens (including phenoxy) is 1. The first-order valence-electron chi connectivity index (χ1n) is 9.25. The third-order valence-electron chi connectivity index (χ3n) is 4.67. The monoisotopic (exact) mass is 475 g/mol. The summed E-state index contributed by atoms with van der Waals surface area (Å²) < 4.78 is 46.8. The summed E-state index contributed by atoms with van der Waals surface area (Å²) in [6, 6.07) is 11.6. The lowest BCUT2D eigenvalue weighted by atomic mass is 9.93. The van der Waals surface area contributed by atoms with Crippen molar-refractivity contribution in [2.75, 3.05) is 19.8 Å². The Balaban J connectivity index is 2.00. The highest BCUT2D eigenvalue weighted by molar-refractivity contribution is 9.10. The largest absolute Gasteiger partial charge is 0.493 e. The molecule has 0 heterocycles. The van der Waals surface area contributed by atoms with Gasteiger partial charge in [-0.25, -0.2) is 0 Å². The van der Waals surface area contributed by atoms with Gasteiger partial charge in [0.1, 0.15) is 5.75 Å². The highest BCUT2D eigenvalue weighted by Crippen LogP contribution is 2.37. The molecule has 0 unspecified atom stereocenters. The molecule has 0 radical (unpaired) electrons. The van der Waals surface area contributed by atoms with Gasteiger partial charge in [0.15, 0.2) is 0 Å². The molecular weight excluding hydrogens is 451 g/mol. The van der Waals surface area contributed by atoms with E-state index < -0.39 is 30.5 Å². The maximum atomic E-state index is 13.5. The van der Waals surface area contributed by atoms with Crippen LogP contribution in [0.1, 0.15) is 29.5 Å². The number of aryl methyl sites for hydroxylation is 2. The minimum Gasteiger partial charge on any atom is -0.493 e. The summed E-state index contributed by atoms with van der Waals surface area (Å²) in [5.74, 6) is -0.208. The number of rotatable bonds is 10. The van der Waals surface area contributed by atoms with E-state index in [9.17, 15) is 23.4 Å². The van der Waals surface area contributed by atoms with Crippen LogP contribution in [0.15, 0.2) is 46.9 Å². The summed E-state index contributed by atoms with van der Waals surface area (Å²) in [6.45, 7) is -0.732. The molecule has 4 nitrogen and oxygen atoms in total. The zero-order chi connectivity index (χ0) is 21.5. The Kier molecular flexibility index (Phi) is 8.51. The summed E-state index contributed by atoms with van der Waals surface area (Å²) in [4.78, 5) is 0. The van der Waals surface area contributed by atoms with Gasteiger partial charge in [-0.2, -0.15) is 13.2 Å². The van der Waals surface area contributed by atoms with Gasteiger partial charge in [-0.1, -0.05) is 34.1 Å². The molecule has 0 spiro atoms. The Labute approximate surface area is 176 Å². The lowest BCUT2D eigenvalue weighted by molar-refractivity contribution is -0.139. The van der Waals surface area contributed by atoms with Crippen LogP contribution in [-0.2, 0) is 19.0 Å². The third kappa shape index (κ3) is 7.29. The SMILES string of the molecule is NC(CO)(CO)CCc1ccc(OCCCc2ccc(Br)cc2)c(C(F)(F)F)c1. The molecule has 0 bridgehead atoms. The molecule has 0 saturated carbocycles. The number of benzene rings is 2. The highest BCUT2D eigenvalue weighted by atomic mass is 79.9. The third-order valence-corrected chi connectivity index (χ3v) is 5.20. The second kappa shape index (κ2) is 10.4. The van der Waals surface area contributed by atoms with Crippen molar-refractivity contribution in [1.82, 2.24) is 0 Å². The number of halogens is 4. The normalized spacial score (nSPS) is 12.2. The van der Waals surface area contributed by atoms with Crippen molar-refractivity contribution in [3.8, 4) is 5.75 Å². The fraction of sp³-hybridized carbons (Fsp3) is 0.429. The zero-order valence-electron chi connectivity index (χ0n) is 15.9. The molecule has 8 heteroatoms. The van der Waals surface area contributed by atoms with Crippen molar-refractivity contribution < 1.29 is 28.1 Å². The average Bonchev–Trinajstić information content (AvgIpc) is 2.70. The first-order valence-corrected chi connectivity index (χ1v) is 10.0. The van der Waals surface area contributed by atoms with Crippen molar-refractivity contribution >= 4 is 15.9 Å². The van der Waals surface area contributed by atoms with Crippen LogP contribution in [0.25, 0.3) is 0 Å². The fourth-order valence-corrected chi connectivity index (χ4v) is 3.06. The Morgan fingerprint density at radius 3 is 2.14 bits per heavy atom. The molecule has 2 rings (SSSR count). The summed E-state index contributed by atoms with van der Waals surface area (Å²) in [6.07, 6.45) is -2.91. The maximum Gasteiger partial charge on any atom is 0.419 e. The van der Waals surface area contributed by atoms with Gasteiger partial charge in [-0.05, 0) is 61.1 Å². The van der Waals surface area contributed by atoms with Crippen LogP contribution < -0.4 is 10.5 Å². The Hall–Kier alpha value is -1.61. The molecule has 2 aromatic carbocycles. The maximum absolute atomic E-state index is 13.5. The van der Waals surface area contributed by atoms with E-state index in [4.69, 9.17) is 10.5 Å². The van der Waals surface area contributed by atoms with E-state index in [1.165, 1.54) is 6.07 Å². The van der Waals surface area contributed by atoms with Crippen LogP contribution in [0.4, 0.5) is 13.2 Å². The van der Waals surface area contributed by atoms with Gasteiger partial charge >= 0.3 is 6.18 Å². The van der Waals surface area contributed by atoms with Crippen LogP contribution >= 0.6 is 15.9 Å². The van der Waals surface area contributed by atoms with Crippen LogP contribution in [0.5, 0.6) is 5.75 Å². The zero-order valence-corrected chi connectivity index (χ0v) is 17.5. The minimum atomic E-state index is -4.55. The van der Waals surface area contributed by atoms with Gasteiger partial charge in [0.2, 0.25) is 0 Å². The topological polar surface area (TPSA) is 75.7 Å². The van der Waals surface area contributed by atoms with E-state index in [1.807, 2.05) is 24.3 Å². The highest BCUT2D eigenvalue weighted by Gasteiger charge is 2.35. The molecule has 0 aliphatic rings. The van der Waals surface area contributed by atoms with Crippen molar-refractivity contribution in [1.29, 1.82) is 0 Å². The first-order chi connectivity index (χ1) is 13.7. The van der Waals surface area contributed by atoms with E-state index in [-0.39, 0.29) is 25.2 Å². The molecule has 0 aromatic heterocycles. The molecule has 0 saturated heterocycles. The van der Waals surface area contributed by atoms with E-state index in [2.05, 4.69) is 15.9 Å². The predicted molar refractivity (Wildman–Crippen MR) is 109 cm³/mol. The predicted octanol–water partition coefficient (Wildman–Crippen LogP) is 4.09. The van der Waals surface area contributed by atoms with Crippen LogP contribution in [0.2, 0.25) is 0 Å². The lowest BCUT2D eigenvalue weighted by Gasteiger charge is -2.24. The smallest absolute Gasteiger partial charge is 0.419 e. The molecule has 0 atom stereocenters. The van der Waals surface area contributed by atoms with Gasteiger partial charge in [-0.15, -0.1) is 0 Å². The first kappa shape index (κ1) is 23.7. The van der Waals surface area contributed by atoms with Crippen LogP contribution in [0.3, 0.4) is 0 Å². The van der Waals surface area contributed by atoms with Crippen molar-refractivity contribution in [3.05, 3.63) is 63.6 Å². The van der Waals surface area contributed by atoms with E-state index in [0.29, 0.717) is 18.4 Å². The quantitative estimate of drug-likeness (QED) is 0.452. The molecule has 2 aromatic rings. The Morgan fingerprint density at radius 1 is 0.931 bits per heavy atom. The number of aliphatic hydroxyl groups is 2. The number of aliphatic hydroxyl groups excluding tert-OH is 2. The van der Waals surface area contributed by atoms with Crippen LogP contribution in [0, 0.1) is 0 Å². The van der Waals surface area contributed by atoms with Gasteiger partial charge in [0, 0.05) is 4.47 Å². The molecule has 160 valence electrons. The van der Waals surface area contributed by atoms with Gasteiger partial charge < -0.3 is 20.7 Å². The molecular formula is C21H25BrF3NO3. The average molecular weight is 476 g/mol. The summed E-state index contributed by atoms with van der Waals surface area (Å²) >= 11 is 3.36. The summed E-state index contributed by atoms with van der Waals surface area (Å²) in [5, 5.41) is 18.4. The van der Waals surface area contributed by atoms with Crippen molar-refractivity contribution in [2.45, 2.75) is 37.4 Å². The van der Waals surface area contributed by atoms with Gasteiger partial charge in [0.25, 0.3) is 0 Å². The van der Waals surface area contributed by atoms with Gasteiger partial charge in [-0.3, -0.25) is 0 Å². The van der Waals surface area contributed by atoms with Crippen molar-refractivity contribution in [3.63, 3.8) is 0 Å². The molecule has 0 amide bonds. The molecule has 0 fully saturated rings. The number of hydrogen-bond acceptors (Lipinski definition) is 4. The second-order valence-corrected chi connectivity index (χ2v) is 8.00. The van der Waals surface area contributed by atoms with E-state index in [0.717, 1.165) is 16.1 Å².